The number of carbonyl (C=O) groups is 1. The van der Waals surface area contributed by atoms with Crippen LogP contribution in [0.4, 0.5) is 5.69 Å². The zero-order chi connectivity index (χ0) is 22.6. The molecule has 0 unspecified atom stereocenters. The van der Waals surface area contributed by atoms with E-state index in [9.17, 15) is 4.79 Å². The SMILES string of the molecule is CC.N=C(N)OC(=N)c1ccco1.O=C1CN=C(c2ccccc2)c2ccccc2N1. The summed E-state index contributed by atoms with van der Waals surface area (Å²) in [5.41, 5.74) is 8.56. The number of benzodiazepines with no additional fused rings is 1. The van der Waals surface area contributed by atoms with E-state index in [1.54, 1.807) is 12.1 Å². The predicted molar refractivity (Wildman–Crippen MR) is 122 cm³/mol. The number of fused-ring (bicyclic) bond motifs is 1. The van der Waals surface area contributed by atoms with E-state index in [1.807, 2.05) is 68.4 Å². The number of nitrogens with one attached hydrogen (secondary N) is 3. The van der Waals surface area contributed by atoms with Crippen molar-refractivity contribution >= 4 is 29.2 Å². The molecule has 1 aromatic heterocycles. The number of hydrogen-bond donors (Lipinski definition) is 4. The van der Waals surface area contributed by atoms with E-state index < -0.39 is 6.02 Å². The highest BCUT2D eigenvalue weighted by molar-refractivity contribution is 6.19. The summed E-state index contributed by atoms with van der Waals surface area (Å²) in [6.45, 7) is 4.17. The van der Waals surface area contributed by atoms with Gasteiger partial charge in [-0.05, 0) is 18.2 Å². The van der Waals surface area contributed by atoms with Crippen LogP contribution in [0.1, 0.15) is 30.7 Å². The molecule has 1 aliphatic heterocycles. The summed E-state index contributed by atoms with van der Waals surface area (Å²) in [7, 11) is 0. The van der Waals surface area contributed by atoms with Crippen molar-refractivity contribution in [1.82, 2.24) is 0 Å². The highest BCUT2D eigenvalue weighted by Crippen LogP contribution is 2.22. The van der Waals surface area contributed by atoms with Crippen LogP contribution < -0.4 is 11.1 Å². The number of para-hydroxylation sites is 1. The van der Waals surface area contributed by atoms with Crippen LogP contribution >= 0.6 is 0 Å². The molecule has 5 N–H and O–H groups in total. The maximum Gasteiger partial charge on any atom is 0.286 e. The molecule has 3 aromatic rings. The third kappa shape index (κ3) is 6.67. The summed E-state index contributed by atoms with van der Waals surface area (Å²) in [5, 5.41) is 16.7. The molecule has 0 aliphatic carbocycles. The fourth-order valence-electron chi connectivity index (χ4n) is 2.64. The molecule has 8 heteroatoms. The Hall–Kier alpha value is -4.20. The maximum absolute atomic E-state index is 11.6. The Bertz CT molecular complexity index is 1040. The Balaban J connectivity index is 0.000000226. The summed E-state index contributed by atoms with van der Waals surface area (Å²) in [4.78, 5) is 16.0. The zero-order valence-electron chi connectivity index (χ0n) is 17.4. The first-order valence-corrected chi connectivity index (χ1v) is 9.68. The van der Waals surface area contributed by atoms with Gasteiger partial charge in [0.1, 0.15) is 6.54 Å². The topological polar surface area (TPSA) is 138 Å². The number of carbonyl (C=O) groups excluding carboxylic acids is 1. The Morgan fingerprint density at radius 3 is 2.35 bits per heavy atom. The average molecular weight is 419 g/mol. The van der Waals surface area contributed by atoms with Crippen molar-refractivity contribution in [3.05, 3.63) is 89.9 Å². The number of ether oxygens (including phenoxy) is 1. The molecule has 0 bridgehead atoms. The molecular formula is C23H25N5O3. The zero-order valence-corrected chi connectivity index (χ0v) is 17.4. The molecule has 0 saturated carbocycles. The van der Waals surface area contributed by atoms with Gasteiger partial charge >= 0.3 is 0 Å². The van der Waals surface area contributed by atoms with Crippen molar-refractivity contribution in [3.8, 4) is 0 Å². The molecule has 160 valence electrons. The van der Waals surface area contributed by atoms with Crippen molar-refractivity contribution in [2.45, 2.75) is 13.8 Å². The number of anilines is 1. The molecule has 0 saturated heterocycles. The van der Waals surface area contributed by atoms with Gasteiger partial charge in [0.05, 0.1) is 17.7 Å². The van der Waals surface area contributed by atoms with Crippen LogP contribution in [0.5, 0.6) is 0 Å². The normalized spacial score (nSPS) is 11.7. The second-order valence-corrected chi connectivity index (χ2v) is 5.90. The second kappa shape index (κ2) is 11.7. The number of amidine groups is 1. The van der Waals surface area contributed by atoms with Gasteiger partial charge in [-0.15, -0.1) is 0 Å². The van der Waals surface area contributed by atoms with Crippen molar-refractivity contribution in [1.29, 1.82) is 10.8 Å². The van der Waals surface area contributed by atoms with Crippen LogP contribution in [0.15, 0.2) is 82.4 Å². The lowest BCUT2D eigenvalue weighted by Crippen LogP contribution is -2.18. The number of furan rings is 1. The molecule has 31 heavy (non-hydrogen) atoms. The van der Waals surface area contributed by atoms with Crippen molar-refractivity contribution in [2.75, 3.05) is 11.9 Å². The van der Waals surface area contributed by atoms with Crippen molar-refractivity contribution in [3.63, 3.8) is 0 Å². The van der Waals surface area contributed by atoms with Crippen LogP contribution in [-0.4, -0.2) is 30.1 Å². The first-order valence-electron chi connectivity index (χ1n) is 9.68. The number of amides is 1. The first-order chi connectivity index (χ1) is 15.0. The standard InChI is InChI=1S/C15H12N2O.C6H7N3O2.C2H6/c18-14-10-16-15(11-6-2-1-3-7-11)12-8-4-5-9-13(12)17-14;7-5(11-6(8)9)4-2-1-3-10-4;1-2/h1-9H,10H2,(H,17,18);1-3,7H,(H3,8,9);1-2H3. The molecular weight excluding hydrogens is 394 g/mol. The Morgan fingerprint density at radius 2 is 1.71 bits per heavy atom. The van der Waals surface area contributed by atoms with E-state index >= 15 is 0 Å². The summed E-state index contributed by atoms with van der Waals surface area (Å²) >= 11 is 0. The van der Waals surface area contributed by atoms with Gasteiger partial charge in [-0.1, -0.05) is 62.4 Å². The van der Waals surface area contributed by atoms with E-state index in [1.165, 1.54) is 6.26 Å². The lowest BCUT2D eigenvalue weighted by Gasteiger charge is -2.09. The van der Waals surface area contributed by atoms with Gasteiger partial charge in [0.25, 0.3) is 11.9 Å². The molecule has 1 amide bonds. The Morgan fingerprint density at radius 1 is 1.03 bits per heavy atom. The lowest BCUT2D eigenvalue weighted by molar-refractivity contribution is -0.114. The smallest absolute Gasteiger partial charge is 0.286 e. The summed E-state index contributed by atoms with van der Waals surface area (Å²) < 4.78 is 9.24. The third-order valence-corrected chi connectivity index (χ3v) is 3.84. The van der Waals surface area contributed by atoms with Crippen LogP contribution in [0, 0.1) is 10.8 Å². The monoisotopic (exact) mass is 419 g/mol. The number of nitrogens with two attached hydrogens (primary N) is 1. The molecule has 1 aliphatic rings. The van der Waals surface area contributed by atoms with E-state index in [0.29, 0.717) is 0 Å². The van der Waals surface area contributed by atoms with Crippen LogP contribution in [0.2, 0.25) is 0 Å². The summed E-state index contributed by atoms with van der Waals surface area (Å²) in [5.74, 6) is -0.0870. The minimum Gasteiger partial charge on any atom is -0.459 e. The lowest BCUT2D eigenvalue weighted by atomic mass is 10.0. The molecule has 0 spiro atoms. The first kappa shape index (κ1) is 23.1. The fourth-order valence-corrected chi connectivity index (χ4v) is 2.64. The number of aliphatic imine (C=N–C) groups is 1. The molecule has 2 heterocycles. The van der Waals surface area contributed by atoms with Gasteiger partial charge in [0, 0.05) is 11.1 Å². The van der Waals surface area contributed by atoms with E-state index in [0.717, 1.165) is 22.5 Å². The number of benzene rings is 2. The Labute approximate surface area is 180 Å². The second-order valence-electron chi connectivity index (χ2n) is 5.90. The van der Waals surface area contributed by atoms with Crippen LogP contribution in [0.25, 0.3) is 0 Å². The van der Waals surface area contributed by atoms with E-state index in [2.05, 4.69) is 15.0 Å². The van der Waals surface area contributed by atoms with Crippen molar-refractivity contribution in [2.24, 2.45) is 10.7 Å². The van der Waals surface area contributed by atoms with Gasteiger partial charge in [-0.25, -0.2) is 0 Å². The maximum atomic E-state index is 11.6. The van der Waals surface area contributed by atoms with E-state index in [4.69, 9.17) is 21.0 Å². The predicted octanol–water partition coefficient (Wildman–Crippen LogP) is 4.02. The Kier molecular flexibility index (Phi) is 8.72. The number of hydrogen-bond acceptors (Lipinski definition) is 6. The molecule has 0 radical (unpaired) electrons. The van der Waals surface area contributed by atoms with Gasteiger partial charge in [-0.3, -0.25) is 20.6 Å². The van der Waals surface area contributed by atoms with Crippen molar-refractivity contribution < 1.29 is 13.9 Å². The highest BCUT2D eigenvalue weighted by atomic mass is 16.5. The largest absolute Gasteiger partial charge is 0.459 e. The van der Waals surface area contributed by atoms with Gasteiger partial charge in [-0.2, -0.15) is 0 Å². The summed E-state index contributed by atoms with van der Waals surface area (Å²) in [6, 6.07) is 20.3. The number of nitrogens with zero attached hydrogens (tertiary/aromatic N) is 1. The fraction of sp³-hybridized carbons (Fsp3) is 0.130. The molecule has 8 nitrogen and oxygen atoms in total. The minimum absolute atomic E-state index is 0.0756. The molecule has 0 fully saturated rings. The van der Waals surface area contributed by atoms with Crippen LogP contribution in [-0.2, 0) is 9.53 Å². The highest BCUT2D eigenvalue weighted by Gasteiger charge is 2.16. The molecule has 4 rings (SSSR count). The number of rotatable bonds is 2. The van der Waals surface area contributed by atoms with E-state index in [-0.39, 0.29) is 24.1 Å². The molecule has 0 atom stereocenters. The summed E-state index contributed by atoms with van der Waals surface area (Å²) in [6.07, 6.45) is 1.41. The van der Waals surface area contributed by atoms with Gasteiger partial charge in [0.2, 0.25) is 5.91 Å². The van der Waals surface area contributed by atoms with Gasteiger partial charge < -0.3 is 20.2 Å². The average Bonchev–Trinajstić information content (AvgIpc) is 3.27. The van der Waals surface area contributed by atoms with Gasteiger partial charge in [0.15, 0.2) is 5.76 Å². The minimum atomic E-state index is -0.522. The molecule has 2 aromatic carbocycles. The van der Waals surface area contributed by atoms with Crippen LogP contribution in [0.3, 0.4) is 0 Å². The quantitative estimate of drug-likeness (QED) is 0.368. The third-order valence-electron chi connectivity index (χ3n) is 3.84.